The minimum atomic E-state index is -0.882. The van der Waals surface area contributed by atoms with Crippen LogP contribution in [0.2, 0.25) is 0 Å². The summed E-state index contributed by atoms with van der Waals surface area (Å²) in [5.41, 5.74) is 4.00. The number of nitrogens with zero attached hydrogens (tertiary/aromatic N) is 1. The number of hydrogen-bond acceptors (Lipinski definition) is 2. The van der Waals surface area contributed by atoms with Gasteiger partial charge in [0.1, 0.15) is 0 Å². The highest BCUT2D eigenvalue weighted by Gasteiger charge is 2.16. The Morgan fingerprint density at radius 1 is 1.00 bits per heavy atom. The maximum Gasteiger partial charge on any atom is 0.335 e. The van der Waals surface area contributed by atoms with Crippen LogP contribution >= 0.6 is 0 Å². The second-order valence-electron chi connectivity index (χ2n) is 5.09. The highest BCUT2D eigenvalue weighted by atomic mass is 16.4. The lowest BCUT2D eigenvalue weighted by Gasteiger charge is -2.25. The van der Waals surface area contributed by atoms with Crippen LogP contribution in [-0.2, 0) is 6.42 Å². The van der Waals surface area contributed by atoms with Crippen molar-refractivity contribution in [2.24, 2.45) is 0 Å². The van der Waals surface area contributed by atoms with Gasteiger partial charge in [-0.1, -0.05) is 18.2 Å². The Morgan fingerprint density at radius 3 is 2.50 bits per heavy atom. The molecular weight excluding hydrogens is 250 g/mol. The molecule has 20 heavy (non-hydrogen) atoms. The fraction of sp³-hybridized carbons (Fsp3) is 0.235. The number of carbonyl (C=O) groups is 1. The van der Waals surface area contributed by atoms with Crippen molar-refractivity contribution >= 4 is 17.3 Å². The van der Waals surface area contributed by atoms with Crippen LogP contribution in [-0.4, -0.2) is 17.6 Å². The maximum absolute atomic E-state index is 10.9. The van der Waals surface area contributed by atoms with Crippen LogP contribution < -0.4 is 4.90 Å². The number of carboxylic acid groups (broad SMARTS) is 1. The number of aromatic carboxylic acids is 1. The molecule has 0 bridgehead atoms. The maximum atomic E-state index is 10.9. The lowest BCUT2D eigenvalue weighted by molar-refractivity contribution is 0.0697. The molecule has 102 valence electrons. The van der Waals surface area contributed by atoms with E-state index in [4.69, 9.17) is 5.11 Å². The van der Waals surface area contributed by atoms with E-state index in [2.05, 4.69) is 29.2 Å². The summed E-state index contributed by atoms with van der Waals surface area (Å²) < 4.78 is 0. The smallest absolute Gasteiger partial charge is 0.335 e. The molecule has 1 heterocycles. The third-order valence-corrected chi connectivity index (χ3v) is 3.79. The van der Waals surface area contributed by atoms with Crippen molar-refractivity contribution in [3.05, 3.63) is 59.7 Å². The van der Waals surface area contributed by atoms with Crippen LogP contribution in [0, 0.1) is 0 Å². The molecule has 1 aliphatic rings. The molecule has 0 saturated carbocycles. The van der Waals surface area contributed by atoms with E-state index in [0.29, 0.717) is 5.56 Å². The zero-order valence-electron chi connectivity index (χ0n) is 11.2. The number of benzene rings is 2. The van der Waals surface area contributed by atoms with Crippen molar-refractivity contribution in [2.75, 3.05) is 11.4 Å². The van der Waals surface area contributed by atoms with Gasteiger partial charge in [-0.2, -0.15) is 0 Å². The normalized spacial score (nSPS) is 14.5. The second kappa shape index (κ2) is 5.37. The fourth-order valence-corrected chi connectivity index (χ4v) is 2.74. The van der Waals surface area contributed by atoms with E-state index in [0.717, 1.165) is 25.1 Å². The SMILES string of the molecule is O=C(O)c1ccc(N2CCCCc3ccccc32)cc1. The molecule has 3 rings (SSSR count). The average Bonchev–Trinajstić information content (AvgIpc) is 2.69. The molecule has 3 nitrogen and oxygen atoms in total. The Labute approximate surface area is 118 Å². The first-order valence-corrected chi connectivity index (χ1v) is 6.94. The first-order valence-electron chi connectivity index (χ1n) is 6.94. The molecule has 0 spiro atoms. The van der Waals surface area contributed by atoms with Crippen LogP contribution in [0.25, 0.3) is 0 Å². The third kappa shape index (κ3) is 2.39. The topological polar surface area (TPSA) is 40.5 Å². The van der Waals surface area contributed by atoms with E-state index in [-0.39, 0.29) is 0 Å². The van der Waals surface area contributed by atoms with Gasteiger partial charge in [0.05, 0.1) is 5.56 Å². The molecule has 2 aromatic rings. The monoisotopic (exact) mass is 267 g/mol. The van der Waals surface area contributed by atoms with Gasteiger partial charge in [-0.05, 0) is 55.2 Å². The van der Waals surface area contributed by atoms with Crippen LogP contribution in [0.3, 0.4) is 0 Å². The fourth-order valence-electron chi connectivity index (χ4n) is 2.74. The van der Waals surface area contributed by atoms with Gasteiger partial charge >= 0.3 is 5.97 Å². The minimum absolute atomic E-state index is 0.330. The predicted molar refractivity (Wildman–Crippen MR) is 79.8 cm³/mol. The van der Waals surface area contributed by atoms with Gasteiger partial charge in [-0.25, -0.2) is 4.79 Å². The quantitative estimate of drug-likeness (QED) is 0.898. The van der Waals surface area contributed by atoms with Gasteiger partial charge < -0.3 is 10.0 Å². The summed E-state index contributed by atoms with van der Waals surface area (Å²) in [6, 6.07) is 15.6. The zero-order chi connectivity index (χ0) is 13.9. The molecule has 0 atom stereocenters. The Balaban J connectivity index is 1.98. The van der Waals surface area contributed by atoms with E-state index in [1.807, 2.05) is 12.1 Å². The summed E-state index contributed by atoms with van der Waals surface area (Å²) in [7, 11) is 0. The van der Waals surface area contributed by atoms with Crippen molar-refractivity contribution in [2.45, 2.75) is 19.3 Å². The van der Waals surface area contributed by atoms with E-state index in [1.54, 1.807) is 12.1 Å². The minimum Gasteiger partial charge on any atom is -0.478 e. The van der Waals surface area contributed by atoms with Gasteiger partial charge in [0.2, 0.25) is 0 Å². The first-order chi connectivity index (χ1) is 9.75. The second-order valence-corrected chi connectivity index (χ2v) is 5.09. The molecule has 0 aromatic heterocycles. The van der Waals surface area contributed by atoms with Crippen molar-refractivity contribution in [1.29, 1.82) is 0 Å². The number of aryl methyl sites for hydroxylation is 1. The van der Waals surface area contributed by atoms with Crippen molar-refractivity contribution < 1.29 is 9.90 Å². The summed E-state index contributed by atoms with van der Waals surface area (Å²) in [5.74, 6) is -0.882. The summed E-state index contributed by atoms with van der Waals surface area (Å²) in [4.78, 5) is 13.2. The number of anilines is 2. The Hall–Kier alpha value is -2.29. The Kier molecular flexibility index (Phi) is 3.42. The number of fused-ring (bicyclic) bond motifs is 1. The zero-order valence-corrected chi connectivity index (χ0v) is 11.2. The average molecular weight is 267 g/mol. The third-order valence-electron chi connectivity index (χ3n) is 3.79. The predicted octanol–water partition coefficient (Wildman–Crippen LogP) is 3.86. The van der Waals surface area contributed by atoms with E-state index >= 15 is 0 Å². The lowest BCUT2D eigenvalue weighted by atomic mass is 10.1. The molecule has 0 aliphatic carbocycles. The summed E-state index contributed by atoms with van der Waals surface area (Å²) in [5, 5.41) is 8.98. The standard InChI is InChI=1S/C17H17NO2/c19-17(20)14-8-10-15(11-9-14)18-12-4-3-6-13-5-1-2-7-16(13)18/h1-2,5,7-11H,3-4,6,12H2,(H,19,20). The molecule has 0 radical (unpaired) electrons. The molecule has 2 aromatic carbocycles. The van der Waals surface area contributed by atoms with Gasteiger partial charge in [0.15, 0.2) is 0 Å². The van der Waals surface area contributed by atoms with Gasteiger partial charge in [-0.15, -0.1) is 0 Å². The Morgan fingerprint density at radius 2 is 1.75 bits per heavy atom. The van der Waals surface area contributed by atoms with E-state index in [1.165, 1.54) is 17.7 Å². The molecule has 3 heteroatoms. The number of hydrogen-bond donors (Lipinski definition) is 1. The molecule has 0 fully saturated rings. The van der Waals surface area contributed by atoms with Crippen LogP contribution in [0.4, 0.5) is 11.4 Å². The molecule has 0 saturated heterocycles. The molecular formula is C17H17NO2. The highest BCUT2D eigenvalue weighted by Crippen LogP contribution is 2.32. The molecule has 0 amide bonds. The van der Waals surface area contributed by atoms with E-state index < -0.39 is 5.97 Å². The number of rotatable bonds is 2. The number of carboxylic acids is 1. The van der Waals surface area contributed by atoms with Crippen LogP contribution in [0.1, 0.15) is 28.8 Å². The Bertz CT molecular complexity index is 619. The van der Waals surface area contributed by atoms with Gasteiger partial charge in [-0.3, -0.25) is 0 Å². The van der Waals surface area contributed by atoms with Crippen molar-refractivity contribution in [3.8, 4) is 0 Å². The summed E-state index contributed by atoms with van der Waals surface area (Å²) in [6.45, 7) is 0.976. The first kappa shape index (κ1) is 12.7. The molecule has 1 N–H and O–H groups in total. The van der Waals surface area contributed by atoms with Crippen molar-refractivity contribution in [1.82, 2.24) is 0 Å². The van der Waals surface area contributed by atoms with Crippen molar-refractivity contribution in [3.63, 3.8) is 0 Å². The van der Waals surface area contributed by atoms with Gasteiger partial charge in [0, 0.05) is 17.9 Å². The largest absolute Gasteiger partial charge is 0.478 e. The molecule has 1 aliphatic heterocycles. The number of para-hydroxylation sites is 1. The van der Waals surface area contributed by atoms with E-state index in [9.17, 15) is 4.79 Å². The summed E-state index contributed by atoms with van der Waals surface area (Å²) in [6.07, 6.45) is 3.45. The summed E-state index contributed by atoms with van der Waals surface area (Å²) >= 11 is 0. The van der Waals surface area contributed by atoms with Crippen LogP contribution in [0.15, 0.2) is 48.5 Å². The lowest BCUT2D eigenvalue weighted by Crippen LogP contribution is -2.17. The molecule has 0 unspecified atom stereocenters. The van der Waals surface area contributed by atoms with Gasteiger partial charge in [0.25, 0.3) is 0 Å². The highest BCUT2D eigenvalue weighted by molar-refractivity contribution is 5.88. The van der Waals surface area contributed by atoms with Crippen LogP contribution in [0.5, 0.6) is 0 Å².